The van der Waals surface area contributed by atoms with Gasteiger partial charge in [0.1, 0.15) is 0 Å². The summed E-state index contributed by atoms with van der Waals surface area (Å²) in [6, 6.07) is 16.1. The zero-order valence-electron chi connectivity index (χ0n) is 11.2. The number of hydrogen-bond acceptors (Lipinski definition) is 2. The lowest BCUT2D eigenvalue weighted by molar-refractivity contribution is 0.207. The van der Waals surface area contributed by atoms with Gasteiger partial charge < -0.3 is 10.4 Å². The number of aliphatic hydroxyl groups excluding tert-OH is 1. The van der Waals surface area contributed by atoms with Crippen LogP contribution in [0, 0.1) is 0 Å². The van der Waals surface area contributed by atoms with Gasteiger partial charge in [0.25, 0.3) is 0 Å². The van der Waals surface area contributed by atoms with Crippen molar-refractivity contribution in [2.24, 2.45) is 0 Å². The Morgan fingerprint density at radius 3 is 1.90 bits per heavy atom. The lowest BCUT2D eigenvalue weighted by atomic mass is 9.87. The summed E-state index contributed by atoms with van der Waals surface area (Å²) in [7, 11) is 0. The molecule has 0 amide bonds. The second kappa shape index (κ2) is 6.74. The fourth-order valence-corrected chi connectivity index (χ4v) is 2.71. The van der Waals surface area contributed by atoms with Crippen molar-refractivity contribution in [1.82, 2.24) is 0 Å². The summed E-state index contributed by atoms with van der Waals surface area (Å²) < 4.78 is 2.07. The van der Waals surface area contributed by atoms with Gasteiger partial charge in [0.15, 0.2) is 0 Å². The van der Waals surface area contributed by atoms with Crippen LogP contribution in [0.4, 0.5) is 5.69 Å². The van der Waals surface area contributed by atoms with Crippen LogP contribution in [-0.4, -0.2) is 11.7 Å². The van der Waals surface area contributed by atoms with E-state index in [1.807, 2.05) is 48.5 Å². The third kappa shape index (κ3) is 3.43. The highest BCUT2D eigenvalue weighted by molar-refractivity contribution is 9.10. The second-order valence-corrected chi connectivity index (χ2v) is 6.56. The summed E-state index contributed by atoms with van der Waals surface area (Å²) in [6.45, 7) is 2.12. The Morgan fingerprint density at radius 1 is 0.950 bits per heavy atom. The minimum atomic E-state index is -0.464. The first-order valence-corrected chi connectivity index (χ1v) is 8.09. The molecule has 1 unspecified atom stereocenters. The van der Waals surface area contributed by atoms with E-state index in [2.05, 4.69) is 44.1 Å². The zero-order valence-corrected chi connectivity index (χ0v) is 14.4. The number of benzene rings is 2. The van der Waals surface area contributed by atoms with Crippen molar-refractivity contribution < 1.29 is 5.11 Å². The molecule has 1 atom stereocenters. The Labute approximate surface area is 136 Å². The van der Waals surface area contributed by atoms with Gasteiger partial charge in [-0.05, 0) is 48.4 Å². The van der Waals surface area contributed by atoms with Crippen LogP contribution in [0.5, 0.6) is 0 Å². The Morgan fingerprint density at radius 2 is 1.45 bits per heavy atom. The van der Waals surface area contributed by atoms with Crippen molar-refractivity contribution in [3.05, 3.63) is 63.0 Å². The molecule has 2 N–H and O–H groups in total. The van der Waals surface area contributed by atoms with Gasteiger partial charge in [0.05, 0.1) is 12.1 Å². The Hall–Kier alpha value is -0.840. The number of halogens is 2. The average molecular weight is 399 g/mol. The molecule has 0 aliphatic heterocycles. The first kappa shape index (κ1) is 15.5. The van der Waals surface area contributed by atoms with Gasteiger partial charge in [0.2, 0.25) is 0 Å². The SMILES string of the molecule is CCC(CO)(Nc1ccc(Br)cc1)c1ccc(Br)cc1. The van der Waals surface area contributed by atoms with Gasteiger partial charge in [0, 0.05) is 14.6 Å². The topological polar surface area (TPSA) is 32.3 Å². The number of anilines is 1. The van der Waals surface area contributed by atoms with Crippen LogP contribution in [0.2, 0.25) is 0 Å². The van der Waals surface area contributed by atoms with Crippen molar-refractivity contribution in [3.63, 3.8) is 0 Å². The van der Waals surface area contributed by atoms with E-state index in [-0.39, 0.29) is 6.61 Å². The van der Waals surface area contributed by atoms with Crippen molar-refractivity contribution in [2.45, 2.75) is 18.9 Å². The largest absolute Gasteiger partial charge is 0.394 e. The quantitative estimate of drug-likeness (QED) is 0.748. The van der Waals surface area contributed by atoms with Crippen LogP contribution in [0.25, 0.3) is 0 Å². The highest BCUT2D eigenvalue weighted by Gasteiger charge is 2.29. The summed E-state index contributed by atoms with van der Waals surface area (Å²) in [5.74, 6) is 0. The lowest BCUT2D eigenvalue weighted by Crippen LogP contribution is -2.38. The predicted octanol–water partition coefficient (Wildman–Crippen LogP) is 4.92. The van der Waals surface area contributed by atoms with Crippen molar-refractivity contribution >= 4 is 37.5 Å². The first-order valence-electron chi connectivity index (χ1n) is 6.50. The van der Waals surface area contributed by atoms with Crippen LogP contribution in [-0.2, 0) is 5.54 Å². The molecule has 106 valence electrons. The van der Waals surface area contributed by atoms with E-state index in [0.29, 0.717) is 0 Å². The summed E-state index contributed by atoms with van der Waals surface area (Å²) in [6.07, 6.45) is 0.793. The molecule has 0 radical (unpaired) electrons. The highest BCUT2D eigenvalue weighted by Crippen LogP contribution is 2.30. The average Bonchev–Trinajstić information content (AvgIpc) is 2.48. The molecule has 0 heterocycles. The van der Waals surface area contributed by atoms with Gasteiger partial charge >= 0.3 is 0 Å². The Kier molecular flexibility index (Phi) is 5.24. The minimum absolute atomic E-state index is 0.0429. The molecule has 2 aromatic rings. The summed E-state index contributed by atoms with van der Waals surface area (Å²) in [4.78, 5) is 0. The van der Waals surface area contributed by atoms with E-state index < -0.39 is 5.54 Å². The van der Waals surface area contributed by atoms with Crippen LogP contribution < -0.4 is 5.32 Å². The van der Waals surface area contributed by atoms with Crippen LogP contribution in [0.1, 0.15) is 18.9 Å². The molecule has 4 heteroatoms. The molecular weight excluding hydrogens is 382 g/mol. The second-order valence-electron chi connectivity index (χ2n) is 4.73. The maximum Gasteiger partial charge on any atom is 0.0854 e. The Bertz CT molecular complexity index is 548. The Balaban J connectivity index is 2.33. The molecule has 2 aromatic carbocycles. The third-order valence-corrected chi connectivity index (χ3v) is 4.56. The monoisotopic (exact) mass is 397 g/mol. The van der Waals surface area contributed by atoms with Gasteiger partial charge in [-0.1, -0.05) is 50.9 Å². The predicted molar refractivity (Wildman–Crippen MR) is 91.0 cm³/mol. The van der Waals surface area contributed by atoms with E-state index in [4.69, 9.17) is 0 Å². The summed E-state index contributed by atoms with van der Waals surface area (Å²) >= 11 is 6.87. The number of rotatable bonds is 5. The van der Waals surface area contributed by atoms with E-state index in [1.54, 1.807) is 0 Å². The van der Waals surface area contributed by atoms with Crippen molar-refractivity contribution in [2.75, 3.05) is 11.9 Å². The molecule has 0 aromatic heterocycles. The number of nitrogens with one attached hydrogen (secondary N) is 1. The zero-order chi connectivity index (χ0) is 14.6. The molecule has 0 saturated carbocycles. The minimum Gasteiger partial charge on any atom is -0.394 e. The molecule has 2 nitrogen and oxygen atoms in total. The van der Waals surface area contributed by atoms with Gasteiger partial charge in [-0.2, -0.15) is 0 Å². The number of hydrogen-bond donors (Lipinski definition) is 2. The molecule has 0 bridgehead atoms. The lowest BCUT2D eigenvalue weighted by Gasteiger charge is -2.34. The molecule has 0 fully saturated rings. The first-order chi connectivity index (χ1) is 9.59. The van der Waals surface area contributed by atoms with E-state index >= 15 is 0 Å². The standard InChI is InChI=1S/C16H17Br2NO/c1-2-16(11-20,12-3-5-13(17)6-4-12)19-15-9-7-14(18)8-10-15/h3-10,19-20H,2,11H2,1H3. The molecule has 2 rings (SSSR count). The van der Waals surface area contributed by atoms with Crippen LogP contribution in [0.3, 0.4) is 0 Å². The van der Waals surface area contributed by atoms with Gasteiger partial charge in [-0.3, -0.25) is 0 Å². The molecule has 0 aliphatic rings. The van der Waals surface area contributed by atoms with E-state index in [1.165, 1.54) is 0 Å². The van der Waals surface area contributed by atoms with E-state index in [9.17, 15) is 5.11 Å². The molecule has 0 aliphatic carbocycles. The van der Waals surface area contributed by atoms with Crippen molar-refractivity contribution in [3.8, 4) is 0 Å². The van der Waals surface area contributed by atoms with Gasteiger partial charge in [-0.15, -0.1) is 0 Å². The van der Waals surface area contributed by atoms with Crippen molar-refractivity contribution in [1.29, 1.82) is 0 Å². The summed E-state index contributed by atoms with van der Waals surface area (Å²) in [5, 5.41) is 13.4. The number of aliphatic hydroxyl groups is 1. The third-order valence-electron chi connectivity index (χ3n) is 3.50. The van der Waals surface area contributed by atoms with E-state index in [0.717, 1.165) is 26.6 Å². The maximum atomic E-state index is 9.93. The smallest absolute Gasteiger partial charge is 0.0854 e. The fourth-order valence-electron chi connectivity index (χ4n) is 2.19. The van der Waals surface area contributed by atoms with Gasteiger partial charge in [-0.25, -0.2) is 0 Å². The van der Waals surface area contributed by atoms with Crippen LogP contribution >= 0.6 is 31.9 Å². The molecule has 0 spiro atoms. The fraction of sp³-hybridized carbons (Fsp3) is 0.250. The molecular formula is C16H17Br2NO. The normalized spacial score (nSPS) is 13.8. The highest BCUT2D eigenvalue weighted by atomic mass is 79.9. The molecule has 20 heavy (non-hydrogen) atoms. The van der Waals surface area contributed by atoms with Crippen LogP contribution in [0.15, 0.2) is 57.5 Å². The maximum absolute atomic E-state index is 9.93. The summed E-state index contributed by atoms with van der Waals surface area (Å²) in [5.41, 5.74) is 1.61. The molecule has 0 saturated heterocycles.